The molecule has 0 spiro atoms. The molecule has 0 aromatic carbocycles. The minimum atomic E-state index is -0.299. The number of fused-ring (bicyclic) bond motifs is 1. The second-order valence-electron chi connectivity index (χ2n) is 2.72. The van der Waals surface area contributed by atoms with Gasteiger partial charge in [0.25, 0.3) is 5.56 Å². The molecule has 0 atom stereocenters. The van der Waals surface area contributed by atoms with E-state index in [4.69, 9.17) is 5.84 Å². The van der Waals surface area contributed by atoms with Crippen LogP contribution in [0.5, 0.6) is 0 Å². The zero-order valence-electron chi connectivity index (χ0n) is 7.43. The summed E-state index contributed by atoms with van der Waals surface area (Å²) in [7, 11) is 0. The molecule has 0 aliphatic carbocycles. The molecular weight excluding hydrogens is 184 g/mol. The molecule has 14 heavy (non-hydrogen) atoms. The van der Waals surface area contributed by atoms with Crippen molar-refractivity contribution < 1.29 is 0 Å². The maximum absolute atomic E-state index is 11.5. The average molecular weight is 192 g/mol. The summed E-state index contributed by atoms with van der Waals surface area (Å²) in [6.07, 6.45) is 0. The zero-order chi connectivity index (χ0) is 10.1. The number of hydrazine groups is 1. The third-order valence-electron chi connectivity index (χ3n) is 1.77. The molecule has 0 bridgehead atoms. The zero-order valence-corrected chi connectivity index (χ0v) is 7.43. The minimum Gasteiger partial charge on any atom is -0.307 e. The number of nitrogen functional groups attached to an aromatic ring is 1. The molecule has 2 aromatic heterocycles. The van der Waals surface area contributed by atoms with Gasteiger partial charge >= 0.3 is 0 Å². The normalized spacial score (nSPS) is 10.4. The summed E-state index contributed by atoms with van der Waals surface area (Å²) in [5.41, 5.74) is 2.73. The maximum atomic E-state index is 11.5. The Morgan fingerprint density at radius 1 is 1.43 bits per heavy atom. The van der Waals surface area contributed by atoms with Crippen molar-refractivity contribution in [2.45, 2.75) is 6.92 Å². The first-order valence-electron chi connectivity index (χ1n) is 3.92. The van der Waals surface area contributed by atoms with Gasteiger partial charge in [0.05, 0.1) is 0 Å². The van der Waals surface area contributed by atoms with Crippen molar-refractivity contribution in [3.05, 3.63) is 28.2 Å². The monoisotopic (exact) mass is 192 g/mol. The Kier molecular flexibility index (Phi) is 1.86. The van der Waals surface area contributed by atoms with E-state index in [0.717, 1.165) is 4.52 Å². The second kappa shape index (κ2) is 3.04. The van der Waals surface area contributed by atoms with E-state index in [1.807, 2.05) is 0 Å². The van der Waals surface area contributed by atoms with Crippen LogP contribution in [0.15, 0.2) is 16.9 Å². The molecule has 2 aromatic rings. The Labute approximate surface area is 78.5 Å². The quantitative estimate of drug-likeness (QED) is 0.448. The van der Waals surface area contributed by atoms with Crippen molar-refractivity contribution in [3.63, 3.8) is 0 Å². The van der Waals surface area contributed by atoms with Gasteiger partial charge in [0.2, 0.25) is 0 Å². The Morgan fingerprint density at radius 2 is 2.21 bits per heavy atom. The molecule has 2 rings (SSSR count). The summed E-state index contributed by atoms with van der Waals surface area (Å²) in [6, 6.07) is 3.22. The number of nitrogens with one attached hydrogen (secondary N) is 1. The number of anilines is 1. The number of hydrogen-bond acceptors (Lipinski definition) is 6. The van der Waals surface area contributed by atoms with Gasteiger partial charge in [0.15, 0.2) is 11.5 Å². The third-order valence-corrected chi connectivity index (χ3v) is 1.77. The van der Waals surface area contributed by atoms with Crippen molar-refractivity contribution in [2.75, 3.05) is 5.43 Å². The van der Waals surface area contributed by atoms with Crippen molar-refractivity contribution >= 4 is 11.5 Å². The summed E-state index contributed by atoms with van der Waals surface area (Å²) in [4.78, 5) is 11.5. The van der Waals surface area contributed by atoms with Gasteiger partial charge in [-0.15, -0.1) is 15.3 Å². The molecule has 72 valence electrons. The molecule has 7 heteroatoms. The number of rotatable bonds is 1. The van der Waals surface area contributed by atoms with Gasteiger partial charge in [-0.1, -0.05) is 0 Å². The standard InChI is InChI=1S/C7H8N6O/c1-4-7(14)13-6(11-10-4)3-2-5(9-8)12-13/h2-3H,8H2,1H3,(H,9,12). The van der Waals surface area contributed by atoms with E-state index >= 15 is 0 Å². The Hall–Kier alpha value is -2.02. The van der Waals surface area contributed by atoms with Crippen molar-refractivity contribution in [3.8, 4) is 0 Å². The van der Waals surface area contributed by atoms with Crippen molar-refractivity contribution in [2.24, 2.45) is 5.84 Å². The highest BCUT2D eigenvalue weighted by molar-refractivity contribution is 5.42. The van der Waals surface area contributed by atoms with E-state index in [1.54, 1.807) is 19.1 Å². The van der Waals surface area contributed by atoms with Gasteiger partial charge in [0, 0.05) is 0 Å². The van der Waals surface area contributed by atoms with Crippen LogP contribution in [0, 0.1) is 6.92 Å². The molecule has 0 saturated carbocycles. The lowest BCUT2D eigenvalue weighted by Crippen LogP contribution is -2.23. The van der Waals surface area contributed by atoms with Crippen LogP contribution in [0.3, 0.4) is 0 Å². The smallest absolute Gasteiger partial charge is 0.296 e. The molecule has 0 fully saturated rings. The first-order chi connectivity index (χ1) is 6.72. The summed E-state index contributed by atoms with van der Waals surface area (Å²) in [5.74, 6) is 5.56. The van der Waals surface area contributed by atoms with Crippen LogP contribution >= 0.6 is 0 Å². The van der Waals surface area contributed by atoms with E-state index in [0.29, 0.717) is 17.2 Å². The largest absolute Gasteiger partial charge is 0.307 e. The van der Waals surface area contributed by atoms with Crippen LogP contribution in [0.2, 0.25) is 0 Å². The Bertz CT molecular complexity index is 533. The van der Waals surface area contributed by atoms with Crippen LogP contribution in [0.1, 0.15) is 5.69 Å². The van der Waals surface area contributed by atoms with Gasteiger partial charge in [-0.05, 0) is 19.1 Å². The topological polar surface area (TPSA) is 98.2 Å². The van der Waals surface area contributed by atoms with Crippen LogP contribution < -0.4 is 16.8 Å². The third kappa shape index (κ3) is 1.19. The molecule has 2 heterocycles. The number of aryl methyl sites for hydroxylation is 1. The van der Waals surface area contributed by atoms with Gasteiger partial charge in [-0.2, -0.15) is 4.52 Å². The van der Waals surface area contributed by atoms with Gasteiger partial charge in [-0.3, -0.25) is 4.79 Å². The molecule has 3 N–H and O–H groups in total. The van der Waals surface area contributed by atoms with Crippen LogP contribution in [-0.4, -0.2) is 19.8 Å². The minimum absolute atomic E-state index is 0.296. The molecular formula is C7H8N6O. The second-order valence-corrected chi connectivity index (χ2v) is 2.72. The predicted octanol–water partition coefficient (Wildman–Crippen LogP) is -0.921. The molecule has 0 radical (unpaired) electrons. The van der Waals surface area contributed by atoms with Gasteiger partial charge < -0.3 is 5.43 Å². The highest BCUT2D eigenvalue weighted by atomic mass is 16.1. The molecule has 0 saturated heterocycles. The molecule has 0 aliphatic rings. The van der Waals surface area contributed by atoms with Crippen LogP contribution in [0.4, 0.5) is 5.82 Å². The van der Waals surface area contributed by atoms with Crippen molar-refractivity contribution in [1.82, 2.24) is 19.8 Å². The highest BCUT2D eigenvalue weighted by Gasteiger charge is 2.03. The predicted molar refractivity (Wildman–Crippen MR) is 49.6 cm³/mol. The molecule has 0 aliphatic heterocycles. The van der Waals surface area contributed by atoms with Gasteiger partial charge in [-0.25, -0.2) is 5.84 Å². The fourth-order valence-electron chi connectivity index (χ4n) is 1.04. The number of hydrogen-bond donors (Lipinski definition) is 2. The average Bonchev–Trinajstić information content (AvgIpc) is 2.23. The summed E-state index contributed by atoms with van der Waals surface area (Å²) < 4.78 is 1.15. The number of nitrogens with two attached hydrogens (primary N) is 1. The number of aromatic nitrogens is 4. The van der Waals surface area contributed by atoms with E-state index in [2.05, 4.69) is 20.7 Å². The van der Waals surface area contributed by atoms with Crippen LogP contribution in [0.25, 0.3) is 5.65 Å². The summed E-state index contributed by atoms with van der Waals surface area (Å²) in [6.45, 7) is 1.58. The Morgan fingerprint density at radius 3 is 2.93 bits per heavy atom. The van der Waals surface area contributed by atoms with Crippen LogP contribution in [-0.2, 0) is 0 Å². The lowest BCUT2D eigenvalue weighted by molar-refractivity contribution is 0.803. The van der Waals surface area contributed by atoms with Crippen molar-refractivity contribution in [1.29, 1.82) is 0 Å². The molecule has 0 amide bonds. The summed E-state index contributed by atoms with van der Waals surface area (Å²) in [5, 5.41) is 11.4. The number of nitrogens with zero attached hydrogens (tertiary/aromatic N) is 4. The SMILES string of the molecule is Cc1nnc2ccc(NN)nn2c1=O. The van der Waals surface area contributed by atoms with E-state index in [1.165, 1.54) is 0 Å². The fraction of sp³-hybridized carbons (Fsp3) is 0.143. The summed E-state index contributed by atoms with van der Waals surface area (Å²) >= 11 is 0. The van der Waals surface area contributed by atoms with E-state index in [9.17, 15) is 4.79 Å². The lowest BCUT2D eigenvalue weighted by atomic mass is 10.5. The van der Waals surface area contributed by atoms with E-state index in [-0.39, 0.29) is 5.56 Å². The first kappa shape index (κ1) is 8.57. The van der Waals surface area contributed by atoms with Gasteiger partial charge in [0.1, 0.15) is 5.69 Å². The maximum Gasteiger partial charge on any atom is 0.296 e. The fourth-order valence-corrected chi connectivity index (χ4v) is 1.04. The molecule has 7 nitrogen and oxygen atoms in total. The highest BCUT2D eigenvalue weighted by Crippen LogP contribution is 2.00. The Balaban J connectivity index is 2.85. The first-order valence-corrected chi connectivity index (χ1v) is 3.92. The molecule has 0 unspecified atom stereocenters. The lowest BCUT2D eigenvalue weighted by Gasteiger charge is -2.01. The van der Waals surface area contributed by atoms with E-state index < -0.39 is 0 Å².